The number of methoxy groups -OCH3 is 1. The number of hydroxylamine groups is 2. The van der Waals surface area contributed by atoms with E-state index in [1.165, 1.54) is 6.42 Å². The molecule has 2 aliphatic heterocycles. The lowest BCUT2D eigenvalue weighted by Crippen LogP contribution is -2.65. The Morgan fingerprint density at radius 1 is 1.24 bits per heavy atom. The lowest BCUT2D eigenvalue weighted by Gasteiger charge is -2.62. The molecule has 4 fully saturated rings. The summed E-state index contributed by atoms with van der Waals surface area (Å²) in [5, 5.41) is 30.0. The van der Waals surface area contributed by atoms with Crippen LogP contribution >= 0.6 is 0 Å². The van der Waals surface area contributed by atoms with Gasteiger partial charge in [-0.25, -0.2) is 0 Å². The van der Waals surface area contributed by atoms with Gasteiger partial charge in [-0.15, -0.1) is 0 Å². The van der Waals surface area contributed by atoms with Crippen LogP contribution in [0.15, 0.2) is 30.3 Å². The maximum Gasteiger partial charge on any atom is 0.255 e. The van der Waals surface area contributed by atoms with Crippen molar-refractivity contribution in [2.45, 2.75) is 84.0 Å². The van der Waals surface area contributed by atoms with Crippen molar-refractivity contribution >= 4 is 5.91 Å². The van der Waals surface area contributed by atoms with E-state index >= 15 is 0 Å². The van der Waals surface area contributed by atoms with Crippen molar-refractivity contribution in [3.8, 4) is 22.6 Å². The van der Waals surface area contributed by atoms with Crippen LogP contribution in [0.3, 0.4) is 0 Å². The number of benzene rings is 2. The Bertz CT molecular complexity index is 1500. The number of nitrogens with two attached hydrogens (primary N) is 1. The summed E-state index contributed by atoms with van der Waals surface area (Å²) in [6.45, 7) is 10.7. The molecule has 6 N–H and O–H groups in total. The number of carbonyl (C=O) groups is 1. The van der Waals surface area contributed by atoms with Gasteiger partial charge >= 0.3 is 0 Å². The molecule has 2 unspecified atom stereocenters. The van der Waals surface area contributed by atoms with E-state index in [1.54, 1.807) is 14.0 Å². The monoisotopic (exact) mass is 679 g/mol. The molecule has 9 atom stereocenters. The smallest absolute Gasteiger partial charge is 0.255 e. The van der Waals surface area contributed by atoms with E-state index in [0.29, 0.717) is 59.9 Å². The molecule has 3 saturated carbocycles. The minimum absolute atomic E-state index is 0.167. The zero-order valence-electron chi connectivity index (χ0n) is 30.2. The molecule has 1 saturated heterocycles. The number of hydrogen-bond acceptors (Lipinski definition) is 10. The van der Waals surface area contributed by atoms with E-state index in [2.05, 4.69) is 37.5 Å². The summed E-state index contributed by atoms with van der Waals surface area (Å²) in [6.07, 6.45) is 1.22. The second kappa shape index (κ2) is 14.5. The zero-order chi connectivity index (χ0) is 35.2. The fourth-order valence-corrected chi connectivity index (χ4v) is 9.22. The first-order chi connectivity index (χ1) is 23.3. The molecule has 49 heavy (non-hydrogen) atoms. The molecule has 0 radical (unpaired) electrons. The van der Waals surface area contributed by atoms with Crippen LogP contribution in [0.25, 0.3) is 11.1 Å². The Morgan fingerprint density at radius 2 is 2.02 bits per heavy atom. The molecule has 270 valence electrons. The quantitative estimate of drug-likeness (QED) is 0.201. The highest BCUT2D eigenvalue weighted by Gasteiger charge is 2.57. The molecular weight excluding hydrogens is 622 g/mol. The molecule has 5 aliphatic rings. The third kappa shape index (κ3) is 6.83. The van der Waals surface area contributed by atoms with Gasteiger partial charge in [0.05, 0.1) is 50.7 Å². The molecule has 3 aliphatic carbocycles. The summed E-state index contributed by atoms with van der Waals surface area (Å²) in [4.78, 5) is 21.8. The van der Waals surface area contributed by atoms with Gasteiger partial charge in [-0.3, -0.25) is 14.9 Å². The van der Waals surface area contributed by atoms with Crippen LogP contribution in [0.5, 0.6) is 11.5 Å². The Hall–Kier alpha value is -2.77. The lowest BCUT2D eigenvalue weighted by molar-refractivity contribution is -0.183. The van der Waals surface area contributed by atoms with Crippen LogP contribution in [0, 0.1) is 29.1 Å². The second-order valence-corrected chi connectivity index (χ2v) is 15.6. The molecule has 0 spiro atoms. The van der Waals surface area contributed by atoms with Gasteiger partial charge in [0, 0.05) is 42.6 Å². The number of fused-ring (bicyclic) bond motifs is 3. The summed E-state index contributed by atoms with van der Waals surface area (Å²) in [5.74, 6) is 2.55. The molecule has 2 aromatic carbocycles. The third-order valence-corrected chi connectivity index (χ3v) is 12.1. The van der Waals surface area contributed by atoms with E-state index in [9.17, 15) is 15.0 Å². The summed E-state index contributed by atoms with van der Waals surface area (Å²) in [6, 6.07) is 9.80. The number of para-hydroxylation sites is 1. The normalized spacial score (nSPS) is 30.0. The lowest BCUT2D eigenvalue weighted by atomic mass is 9.44. The third-order valence-electron chi connectivity index (χ3n) is 12.1. The maximum atomic E-state index is 13.4. The largest absolute Gasteiger partial charge is 0.496 e. The number of rotatable bonds is 13. The molecule has 0 aromatic heterocycles. The molecule has 11 heteroatoms. The Morgan fingerprint density at radius 3 is 2.67 bits per heavy atom. The van der Waals surface area contributed by atoms with Crippen LogP contribution < -0.4 is 25.8 Å². The number of carbonyl (C=O) groups excluding carboxylic acids is 1. The van der Waals surface area contributed by atoms with Crippen molar-refractivity contribution in [1.29, 1.82) is 0 Å². The van der Waals surface area contributed by atoms with Crippen molar-refractivity contribution in [3.05, 3.63) is 47.0 Å². The van der Waals surface area contributed by atoms with Gasteiger partial charge in [-0.05, 0) is 80.3 Å². The topological polar surface area (TPSA) is 142 Å². The number of ether oxygens (including phenoxy) is 2. The number of aliphatic hydroxyl groups is 2. The van der Waals surface area contributed by atoms with E-state index in [-0.39, 0.29) is 18.6 Å². The summed E-state index contributed by atoms with van der Waals surface area (Å²) in [7, 11) is 5.59. The number of hydrogen-bond donors (Lipinski definition) is 5. The minimum Gasteiger partial charge on any atom is -0.496 e. The first kappa shape index (κ1) is 36.0. The second-order valence-electron chi connectivity index (χ2n) is 15.6. The molecule has 11 nitrogen and oxygen atoms in total. The van der Waals surface area contributed by atoms with Crippen LogP contribution in [-0.4, -0.2) is 104 Å². The average Bonchev–Trinajstić information content (AvgIpc) is 3.69. The number of nitrogens with zero attached hydrogens (tertiary/aromatic N) is 2. The SMILES string of the molecule is COc1c(CN2O[C@@H](CO)[C@@H]([C@H](C)O)[C@H]2C(N)N[C@H]2CC3C[C@@H]([C@@H]2C)C3(C)C)cccc1-c1cc2c(c(C(=O)NCCN(C)C)c1)OCC2. The number of likely N-dealkylation sites (N-methyl/N-ethyl adjacent to an activating group) is 1. The highest BCUT2D eigenvalue weighted by molar-refractivity contribution is 5.99. The number of aliphatic hydroxyl groups excluding tert-OH is 2. The van der Waals surface area contributed by atoms with Crippen molar-refractivity contribution in [3.63, 3.8) is 0 Å². The van der Waals surface area contributed by atoms with Gasteiger partial charge in [-0.2, -0.15) is 5.06 Å². The fraction of sp³-hybridized carbons (Fsp3) is 0.658. The van der Waals surface area contributed by atoms with Gasteiger partial charge in [0.15, 0.2) is 0 Å². The Balaban J connectivity index is 1.28. The van der Waals surface area contributed by atoms with Crippen LogP contribution in [0.4, 0.5) is 0 Å². The van der Waals surface area contributed by atoms with Gasteiger partial charge in [0.1, 0.15) is 17.6 Å². The van der Waals surface area contributed by atoms with E-state index in [0.717, 1.165) is 41.6 Å². The van der Waals surface area contributed by atoms with Gasteiger partial charge in [0.2, 0.25) is 0 Å². The molecular formula is C38H57N5O6. The summed E-state index contributed by atoms with van der Waals surface area (Å²) >= 11 is 0. The summed E-state index contributed by atoms with van der Waals surface area (Å²) in [5.41, 5.74) is 11.5. The van der Waals surface area contributed by atoms with E-state index in [4.69, 9.17) is 20.0 Å². The van der Waals surface area contributed by atoms with Crippen LogP contribution in [0.2, 0.25) is 0 Å². The maximum absolute atomic E-state index is 13.4. The van der Waals surface area contributed by atoms with Crippen molar-refractivity contribution in [2.24, 2.45) is 34.8 Å². The zero-order valence-corrected chi connectivity index (χ0v) is 30.2. The van der Waals surface area contributed by atoms with E-state index in [1.807, 2.05) is 48.3 Å². The van der Waals surface area contributed by atoms with Gasteiger partial charge < -0.3 is 35.6 Å². The highest BCUT2D eigenvalue weighted by Crippen LogP contribution is 2.61. The predicted molar refractivity (Wildman–Crippen MR) is 189 cm³/mol. The first-order valence-corrected chi connectivity index (χ1v) is 18.0. The van der Waals surface area contributed by atoms with Gasteiger partial charge in [0.25, 0.3) is 5.91 Å². The van der Waals surface area contributed by atoms with Crippen molar-refractivity contribution in [1.82, 2.24) is 20.6 Å². The molecule has 2 heterocycles. The molecule has 1 amide bonds. The van der Waals surface area contributed by atoms with Gasteiger partial charge in [-0.1, -0.05) is 39.0 Å². The van der Waals surface area contributed by atoms with E-state index < -0.39 is 30.3 Å². The molecule has 2 bridgehead atoms. The van der Waals surface area contributed by atoms with Crippen LogP contribution in [0.1, 0.15) is 62.0 Å². The average molecular weight is 680 g/mol. The Labute approximate surface area is 291 Å². The fourth-order valence-electron chi connectivity index (χ4n) is 9.22. The highest BCUT2D eigenvalue weighted by atomic mass is 16.7. The number of amides is 1. The standard InChI is InChI=1S/C38H57N5O6/c1-21-29-17-26(38(29,3)4)18-30(21)41-36(39)33-32(22(2)45)31(20-44)49-43(33)19-24-9-8-10-27(34(24)47-7)25-15-23-11-14-48-35(23)28(16-25)37(46)40-12-13-42(5)6/h8-10,15-16,21-22,26,29-33,36,41,44-45H,11-14,17-20,39H2,1-7H3,(H,40,46)/t21-,22-,26?,29-,30-,31-,32+,33-,36?/m0/s1. The summed E-state index contributed by atoms with van der Waals surface area (Å²) < 4.78 is 12.0. The van der Waals surface area contributed by atoms with Crippen LogP contribution in [-0.2, 0) is 17.8 Å². The molecule has 2 aromatic rings. The van der Waals surface area contributed by atoms with Crippen molar-refractivity contribution < 1.29 is 29.3 Å². The minimum atomic E-state index is -0.750. The molecule has 7 rings (SSSR count). The van der Waals surface area contributed by atoms with Crippen molar-refractivity contribution in [2.75, 3.05) is 47.5 Å². The number of nitrogens with one attached hydrogen (secondary N) is 2. The predicted octanol–water partition coefficient (Wildman–Crippen LogP) is 3.01. The first-order valence-electron chi connectivity index (χ1n) is 18.0. The Kier molecular flexibility index (Phi) is 10.6.